The number of hydrogen-bond acceptors (Lipinski definition) is 4. The molecular weight excluding hydrogens is 304 g/mol. The molecule has 0 radical (unpaired) electrons. The predicted molar refractivity (Wildman–Crippen MR) is 89.5 cm³/mol. The van der Waals surface area contributed by atoms with E-state index in [0.717, 1.165) is 38.4 Å². The highest BCUT2D eigenvalue weighted by atomic mass is 35.5. The van der Waals surface area contributed by atoms with E-state index in [2.05, 4.69) is 5.32 Å². The number of nitrogens with zero attached hydrogens (tertiary/aromatic N) is 1. The van der Waals surface area contributed by atoms with Crippen LogP contribution >= 0.6 is 12.4 Å². The molecular formula is C16H31ClN2O3. The summed E-state index contributed by atoms with van der Waals surface area (Å²) >= 11 is 0. The maximum atomic E-state index is 12.3. The van der Waals surface area contributed by atoms with Gasteiger partial charge in [0.15, 0.2) is 0 Å². The quantitative estimate of drug-likeness (QED) is 0.654. The molecule has 2 fully saturated rings. The molecule has 1 unspecified atom stereocenters. The molecule has 0 bridgehead atoms. The van der Waals surface area contributed by atoms with E-state index in [9.17, 15) is 4.79 Å². The van der Waals surface area contributed by atoms with Gasteiger partial charge in [-0.05, 0) is 52.0 Å². The molecule has 2 rings (SSSR count). The summed E-state index contributed by atoms with van der Waals surface area (Å²) in [6.45, 7) is 8.38. The zero-order chi connectivity index (χ0) is 15.1. The van der Waals surface area contributed by atoms with E-state index in [-0.39, 0.29) is 24.4 Å². The zero-order valence-electron chi connectivity index (χ0n) is 13.9. The van der Waals surface area contributed by atoms with Crippen LogP contribution in [-0.2, 0) is 14.3 Å². The number of carbonyl (C=O) groups is 1. The van der Waals surface area contributed by atoms with Crippen LogP contribution in [0.1, 0.15) is 39.5 Å². The van der Waals surface area contributed by atoms with Crippen molar-refractivity contribution in [3.05, 3.63) is 0 Å². The Morgan fingerprint density at radius 3 is 2.50 bits per heavy atom. The molecule has 1 atom stereocenters. The lowest BCUT2D eigenvalue weighted by atomic mass is 10.0. The van der Waals surface area contributed by atoms with E-state index in [1.54, 1.807) is 0 Å². The van der Waals surface area contributed by atoms with E-state index in [0.29, 0.717) is 25.9 Å². The van der Waals surface area contributed by atoms with Crippen molar-refractivity contribution in [2.75, 3.05) is 39.5 Å². The second-order valence-corrected chi connectivity index (χ2v) is 6.16. The highest BCUT2D eigenvalue weighted by molar-refractivity contribution is 5.85. The number of amides is 1. The maximum Gasteiger partial charge on any atom is 0.251 e. The van der Waals surface area contributed by atoms with Crippen molar-refractivity contribution in [2.45, 2.75) is 51.7 Å². The SMILES string of the molecule is CCOCCOC(C)C(=O)N1CCC(NCC2CC2)CC1.Cl. The summed E-state index contributed by atoms with van der Waals surface area (Å²) in [6.07, 6.45) is 4.54. The van der Waals surface area contributed by atoms with E-state index < -0.39 is 0 Å². The molecule has 1 amide bonds. The van der Waals surface area contributed by atoms with Crippen LogP contribution in [0.2, 0.25) is 0 Å². The zero-order valence-corrected chi connectivity index (χ0v) is 14.7. The Labute approximate surface area is 140 Å². The summed E-state index contributed by atoms with van der Waals surface area (Å²) in [7, 11) is 0. The number of likely N-dealkylation sites (tertiary alicyclic amines) is 1. The molecule has 0 aromatic carbocycles. The molecule has 1 aliphatic heterocycles. The van der Waals surface area contributed by atoms with Crippen LogP contribution in [-0.4, -0.2) is 62.4 Å². The molecule has 0 aromatic rings. The average molecular weight is 335 g/mol. The molecule has 0 spiro atoms. The molecule has 5 nitrogen and oxygen atoms in total. The van der Waals surface area contributed by atoms with Crippen LogP contribution in [0.5, 0.6) is 0 Å². The number of halogens is 1. The van der Waals surface area contributed by atoms with Gasteiger partial charge in [0.25, 0.3) is 5.91 Å². The lowest BCUT2D eigenvalue weighted by Crippen LogP contribution is -2.48. The van der Waals surface area contributed by atoms with Gasteiger partial charge in [-0.15, -0.1) is 12.4 Å². The number of carbonyl (C=O) groups excluding carboxylic acids is 1. The fourth-order valence-corrected chi connectivity index (χ4v) is 2.72. The minimum atomic E-state index is -0.360. The monoisotopic (exact) mass is 334 g/mol. The van der Waals surface area contributed by atoms with Crippen molar-refractivity contribution in [3.63, 3.8) is 0 Å². The minimum absolute atomic E-state index is 0. The smallest absolute Gasteiger partial charge is 0.251 e. The number of hydrogen-bond donors (Lipinski definition) is 1. The van der Waals surface area contributed by atoms with Crippen LogP contribution < -0.4 is 5.32 Å². The van der Waals surface area contributed by atoms with Crippen molar-refractivity contribution in [3.8, 4) is 0 Å². The molecule has 130 valence electrons. The molecule has 0 aromatic heterocycles. The summed E-state index contributed by atoms with van der Waals surface area (Å²) in [6, 6.07) is 0.587. The van der Waals surface area contributed by atoms with E-state index in [4.69, 9.17) is 9.47 Å². The van der Waals surface area contributed by atoms with Crippen molar-refractivity contribution >= 4 is 18.3 Å². The minimum Gasteiger partial charge on any atom is -0.379 e. The first-order chi connectivity index (χ1) is 10.2. The molecule has 22 heavy (non-hydrogen) atoms. The van der Waals surface area contributed by atoms with E-state index in [1.807, 2.05) is 18.7 Å². The lowest BCUT2D eigenvalue weighted by molar-refractivity contribution is -0.144. The van der Waals surface area contributed by atoms with Gasteiger partial charge in [-0.25, -0.2) is 0 Å². The summed E-state index contributed by atoms with van der Waals surface area (Å²) in [5.41, 5.74) is 0. The van der Waals surface area contributed by atoms with Crippen LogP contribution in [0.25, 0.3) is 0 Å². The third kappa shape index (κ3) is 6.82. The normalized spacial score (nSPS) is 20.5. The topological polar surface area (TPSA) is 50.8 Å². The van der Waals surface area contributed by atoms with Crippen LogP contribution in [0.4, 0.5) is 0 Å². The number of nitrogens with one attached hydrogen (secondary N) is 1. The second kappa shape index (κ2) is 10.4. The molecule has 2 aliphatic rings. The Bertz CT molecular complexity index is 319. The summed E-state index contributed by atoms with van der Waals surface area (Å²) in [5.74, 6) is 1.04. The number of piperidine rings is 1. The number of ether oxygens (including phenoxy) is 2. The van der Waals surface area contributed by atoms with Gasteiger partial charge < -0.3 is 19.7 Å². The molecule has 1 aliphatic carbocycles. The van der Waals surface area contributed by atoms with Crippen LogP contribution in [0, 0.1) is 5.92 Å². The first-order valence-electron chi connectivity index (χ1n) is 8.42. The summed E-state index contributed by atoms with van der Waals surface area (Å²) in [4.78, 5) is 14.2. The molecule has 6 heteroatoms. The van der Waals surface area contributed by atoms with Gasteiger partial charge in [0.2, 0.25) is 0 Å². The van der Waals surface area contributed by atoms with Gasteiger partial charge in [-0.2, -0.15) is 0 Å². The standard InChI is InChI=1S/C16H30N2O3.ClH/c1-3-20-10-11-21-13(2)16(19)18-8-6-15(7-9-18)17-12-14-4-5-14;/h13-15,17H,3-12H2,1-2H3;1H. The summed E-state index contributed by atoms with van der Waals surface area (Å²) in [5, 5.41) is 3.63. The Kier molecular flexibility index (Phi) is 9.33. The van der Waals surface area contributed by atoms with Crippen molar-refractivity contribution in [2.24, 2.45) is 5.92 Å². The van der Waals surface area contributed by atoms with Crippen LogP contribution in [0.15, 0.2) is 0 Å². The van der Waals surface area contributed by atoms with Crippen LogP contribution in [0.3, 0.4) is 0 Å². The Hall–Kier alpha value is -0.360. The fourth-order valence-electron chi connectivity index (χ4n) is 2.72. The van der Waals surface area contributed by atoms with Gasteiger partial charge >= 0.3 is 0 Å². The first-order valence-corrected chi connectivity index (χ1v) is 8.42. The van der Waals surface area contributed by atoms with Gasteiger partial charge in [-0.1, -0.05) is 0 Å². The first kappa shape index (κ1) is 19.7. The van der Waals surface area contributed by atoms with Gasteiger partial charge in [0.05, 0.1) is 13.2 Å². The highest BCUT2D eigenvalue weighted by Gasteiger charge is 2.27. The average Bonchev–Trinajstić information content (AvgIpc) is 3.33. The van der Waals surface area contributed by atoms with Crippen molar-refractivity contribution < 1.29 is 14.3 Å². The molecule has 1 heterocycles. The fraction of sp³-hybridized carbons (Fsp3) is 0.938. The molecule has 1 saturated carbocycles. The third-order valence-electron chi connectivity index (χ3n) is 4.35. The predicted octanol–water partition coefficient (Wildman–Crippen LogP) is 1.84. The second-order valence-electron chi connectivity index (χ2n) is 6.16. The highest BCUT2D eigenvalue weighted by Crippen LogP contribution is 2.28. The largest absolute Gasteiger partial charge is 0.379 e. The number of rotatable bonds is 9. The van der Waals surface area contributed by atoms with E-state index >= 15 is 0 Å². The van der Waals surface area contributed by atoms with Crippen molar-refractivity contribution in [1.29, 1.82) is 0 Å². The lowest BCUT2D eigenvalue weighted by Gasteiger charge is -2.34. The van der Waals surface area contributed by atoms with E-state index in [1.165, 1.54) is 12.8 Å². The maximum absolute atomic E-state index is 12.3. The van der Waals surface area contributed by atoms with Gasteiger partial charge in [0, 0.05) is 25.7 Å². The third-order valence-corrected chi connectivity index (χ3v) is 4.35. The Balaban J connectivity index is 0.00000242. The van der Waals surface area contributed by atoms with Crippen molar-refractivity contribution in [1.82, 2.24) is 10.2 Å². The van der Waals surface area contributed by atoms with Gasteiger partial charge in [-0.3, -0.25) is 4.79 Å². The molecule has 1 saturated heterocycles. The Morgan fingerprint density at radius 2 is 1.91 bits per heavy atom. The van der Waals surface area contributed by atoms with Gasteiger partial charge in [0.1, 0.15) is 6.10 Å². The Morgan fingerprint density at radius 1 is 1.23 bits per heavy atom. The molecule has 1 N–H and O–H groups in total. The summed E-state index contributed by atoms with van der Waals surface area (Å²) < 4.78 is 10.8.